The minimum atomic E-state index is -0.926. The van der Waals surface area contributed by atoms with Crippen molar-refractivity contribution in [2.45, 2.75) is 150 Å². The molecule has 0 saturated carbocycles. The van der Waals surface area contributed by atoms with E-state index in [9.17, 15) is 52.7 Å². The Morgan fingerprint density at radius 2 is 0.822 bits per heavy atom. The van der Waals surface area contributed by atoms with Gasteiger partial charge in [0.25, 0.3) is 0 Å². The van der Waals surface area contributed by atoms with Crippen LogP contribution < -0.4 is 37.2 Å². The van der Waals surface area contributed by atoms with Crippen LogP contribution in [0, 0.1) is 23.7 Å². The molecule has 0 aromatic heterocycles. The van der Waals surface area contributed by atoms with E-state index >= 15 is 0 Å². The number of rotatable bonds is 49. The van der Waals surface area contributed by atoms with Crippen LogP contribution in [0.15, 0.2) is 60.7 Å². The first-order valence-electron chi connectivity index (χ1n) is 31.3. The second kappa shape index (κ2) is 46.7. The number of ether oxygens (including phenoxy) is 7. The van der Waals surface area contributed by atoms with Gasteiger partial charge in [0.15, 0.2) is 23.1 Å². The average molecular weight is 1270 g/mol. The van der Waals surface area contributed by atoms with Gasteiger partial charge in [-0.1, -0.05) is 88.4 Å². The predicted molar refractivity (Wildman–Crippen MR) is 335 cm³/mol. The summed E-state index contributed by atoms with van der Waals surface area (Å²) in [6, 6.07) is 16.4. The Labute approximate surface area is 530 Å². The lowest BCUT2D eigenvalue weighted by Crippen LogP contribution is -2.46. The van der Waals surface area contributed by atoms with E-state index in [2.05, 4.69) is 37.2 Å². The van der Waals surface area contributed by atoms with Crippen molar-refractivity contribution in [1.82, 2.24) is 37.2 Å². The first-order valence-corrected chi connectivity index (χ1v) is 31.3. The highest BCUT2D eigenvalue weighted by Gasteiger charge is 2.31. The van der Waals surface area contributed by atoms with Gasteiger partial charge in [-0.15, -0.1) is 0 Å². The summed E-state index contributed by atoms with van der Waals surface area (Å²) in [7, 11) is 1.58. The fraction of sp³-hybridized carbons (Fsp3) is 0.646. The third kappa shape index (κ3) is 40.3. The second-order valence-electron chi connectivity index (χ2n) is 23.6. The highest BCUT2D eigenvalue weighted by molar-refractivity contribution is 5.95. The van der Waals surface area contributed by atoms with E-state index in [0.29, 0.717) is 71.6 Å². The number of methoxy groups -OCH3 is 1. The van der Waals surface area contributed by atoms with Gasteiger partial charge in [-0.3, -0.25) is 38.4 Å². The number of alkyl carbamates (subject to hydrolysis) is 3. The maximum absolute atomic E-state index is 13.9. The van der Waals surface area contributed by atoms with Gasteiger partial charge >= 0.3 is 18.3 Å². The number of hydrogen-bond donors (Lipinski definition) is 7. The molecule has 2 aromatic rings. The summed E-state index contributed by atoms with van der Waals surface area (Å²) in [6.45, 7) is 14.8. The molecule has 25 nitrogen and oxygen atoms in total. The lowest BCUT2D eigenvalue weighted by atomic mass is 9.91. The molecule has 7 N–H and O–H groups in total. The zero-order valence-electron chi connectivity index (χ0n) is 54.2. The van der Waals surface area contributed by atoms with Crippen molar-refractivity contribution in [3.8, 4) is 0 Å². The van der Waals surface area contributed by atoms with Gasteiger partial charge < -0.3 is 70.4 Å². The van der Waals surface area contributed by atoms with E-state index in [1.165, 1.54) is 0 Å². The summed E-state index contributed by atoms with van der Waals surface area (Å²) in [6.07, 6.45) is -0.644. The van der Waals surface area contributed by atoms with Gasteiger partial charge in [0, 0.05) is 96.9 Å². The van der Waals surface area contributed by atoms with E-state index in [-0.39, 0.29) is 126 Å². The molecule has 504 valence electrons. The standard InChI is InChI=1S/C65H101N7O18/c1-46(2)38-54(56(75)22-24-58(77)66-26-15-29-85-33-32-84-8)71-60(79)50(40-48-18-11-9-12-19-48)42-52(73)44-69-62(81)88-36-34-86-30-16-27-67-59(78)25-23-57(76)55(39-47(3)4)72-61(80)51(41-49-20-13-10-14-21-49)43-53(74)45-70-63(82)89-37-35-87-31-17-28-68-64(83)90-65(5,6)7/h9-14,18-21,46-47,50-51,54-55H,15-17,22-45H2,1-8H3,(H,66,77)(H,67,78)(H,68,83)(H,69,81)(H,70,82)(H,71,79)(H,72,80). The quantitative estimate of drug-likeness (QED) is 0.0319. The molecule has 4 atom stereocenters. The Morgan fingerprint density at radius 3 is 1.19 bits per heavy atom. The van der Waals surface area contributed by atoms with Gasteiger partial charge in [0.1, 0.15) is 18.8 Å². The maximum atomic E-state index is 13.9. The smallest absolute Gasteiger partial charge is 0.407 e. The Morgan fingerprint density at radius 1 is 0.444 bits per heavy atom. The number of benzene rings is 2. The topological polar surface area (TPSA) is 337 Å². The first-order chi connectivity index (χ1) is 42.9. The molecule has 4 unspecified atom stereocenters. The molecule has 25 heteroatoms. The van der Waals surface area contributed by atoms with Crippen LogP contribution in [-0.2, 0) is 84.4 Å². The van der Waals surface area contributed by atoms with Gasteiger partial charge in [-0.05, 0) is 88.7 Å². The highest BCUT2D eigenvalue weighted by Crippen LogP contribution is 2.19. The monoisotopic (exact) mass is 1270 g/mol. The van der Waals surface area contributed by atoms with Crippen LogP contribution in [0.3, 0.4) is 0 Å². The Balaban J connectivity index is 1.77. The van der Waals surface area contributed by atoms with Crippen LogP contribution in [0.2, 0.25) is 0 Å². The molecular formula is C65H101N7O18. The third-order valence-corrected chi connectivity index (χ3v) is 13.3. The van der Waals surface area contributed by atoms with E-state index in [1.54, 1.807) is 40.0 Å². The lowest BCUT2D eigenvalue weighted by molar-refractivity contribution is -0.133. The summed E-state index contributed by atoms with van der Waals surface area (Å²) in [5, 5.41) is 18.7. The zero-order valence-corrected chi connectivity index (χ0v) is 54.2. The van der Waals surface area contributed by atoms with Crippen molar-refractivity contribution in [3.05, 3.63) is 71.8 Å². The van der Waals surface area contributed by atoms with Crippen LogP contribution in [0.25, 0.3) is 0 Å². The molecule has 0 bridgehead atoms. The van der Waals surface area contributed by atoms with Gasteiger partial charge in [0.05, 0.1) is 51.6 Å². The number of carbonyl (C=O) groups excluding carboxylic acids is 11. The Hall–Kier alpha value is -7.35. The van der Waals surface area contributed by atoms with Crippen molar-refractivity contribution in [1.29, 1.82) is 0 Å². The van der Waals surface area contributed by atoms with E-state index in [0.717, 1.165) is 11.1 Å². The summed E-state index contributed by atoms with van der Waals surface area (Å²) in [5.41, 5.74) is 0.974. The lowest BCUT2D eigenvalue weighted by Gasteiger charge is -2.23. The fourth-order valence-electron chi connectivity index (χ4n) is 8.83. The summed E-state index contributed by atoms with van der Waals surface area (Å²) < 4.78 is 36.7. The summed E-state index contributed by atoms with van der Waals surface area (Å²) in [5.74, 6) is -4.95. The number of carbonyl (C=O) groups is 11. The van der Waals surface area contributed by atoms with Crippen molar-refractivity contribution in [3.63, 3.8) is 0 Å². The van der Waals surface area contributed by atoms with Gasteiger partial charge in [-0.25, -0.2) is 14.4 Å². The number of ketones is 4. The van der Waals surface area contributed by atoms with Crippen LogP contribution in [-0.4, -0.2) is 182 Å². The molecule has 0 spiro atoms. The zero-order chi connectivity index (χ0) is 66.5. The molecule has 0 aliphatic carbocycles. The second-order valence-corrected chi connectivity index (χ2v) is 23.6. The van der Waals surface area contributed by atoms with E-state index in [1.807, 2.05) is 76.2 Å². The van der Waals surface area contributed by atoms with Crippen LogP contribution in [0.4, 0.5) is 14.4 Å². The molecule has 2 rings (SSSR count). The van der Waals surface area contributed by atoms with E-state index < -0.39 is 84.3 Å². The third-order valence-electron chi connectivity index (χ3n) is 13.3. The van der Waals surface area contributed by atoms with Crippen molar-refractivity contribution in [2.75, 3.05) is 99.3 Å². The molecule has 0 aliphatic heterocycles. The average Bonchev–Trinajstić information content (AvgIpc) is 3.65. The molecule has 0 radical (unpaired) electrons. The number of amides is 7. The number of Topliss-reactive ketones (excluding diaryl/α,β-unsaturated/α-hetero) is 4. The largest absolute Gasteiger partial charge is 0.447 e. The molecule has 7 amide bonds. The van der Waals surface area contributed by atoms with E-state index in [4.69, 9.17) is 33.2 Å². The maximum Gasteiger partial charge on any atom is 0.407 e. The molecule has 0 saturated heterocycles. The van der Waals surface area contributed by atoms with Gasteiger partial charge in [0.2, 0.25) is 23.6 Å². The molecule has 0 aliphatic rings. The van der Waals surface area contributed by atoms with Crippen LogP contribution >= 0.6 is 0 Å². The van der Waals surface area contributed by atoms with Crippen molar-refractivity contribution in [2.24, 2.45) is 23.7 Å². The molecule has 90 heavy (non-hydrogen) atoms. The Bertz CT molecular complexity index is 2480. The SMILES string of the molecule is COCCOCCCNC(=O)CCC(=O)C(CC(C)C)NC(=O)C(CC(=O)CNC(=O)OCCOCCCNC(=O)CCC(=O)C(CC(C)C)NC(=O)C(CC(=O)CNC(=O)OCCOCCCNC(=O)OC(C)(C)C)Cc1ccccc1)Cc1ccccc1. The number of nitrogens with one attached hydrogen (secondary N) is 7. The molecule has 0 heterocycles. The number of hydrogen-bond acceptors (Lipinski definition) is 18. The molecule has 0 fully saturated rings. The predicted octanol–water partition coefficient (Wildman–Crippen LogP) is 5.46. The highest BCUT2D eigenvalue weighted by atomic mass is 16.6. The molecule has 2 aromatic carbocycles. The first kappa shape index (κ1) is 78.7. The summed E-state index contributed by atoms with van der Waals surface area (Å²) in [4.78, 5) is 143. The minimum absolute atomic E-state index is 0.00728. The van der Waals surface area contributed by atoms with Crippen LogP contribution in [0.5, 0.6) is 0 Å². The minimum Gasteiger partial charge on any atom is -0.447 e. The molecular weight excluding hydrogens is 1170 g/mol. The Kier molecular flexibility index (Phi) is 40.9. The summed E-state index contributed by atoms with van der Waals surface area (Å²) >= 11 is 0. The van der Waals surface area contributed by atoms with Crippen molar-refractivity contribution >= 4 is 65.0 Å². The normalized spacial score (nSPS) is 12.6. The van der Waals surface area contributed by atoms with Crippen LogP contribution in [0.1, 0.15) is 130 Å². The van der Waals surface area contributed by atoms with Gasteiger partial charge in [-0.2, -0.15) is 0 Å². The van der Waals surface area contributed by atoms with Crippen molar-refractivity contribution < 1.29 is 85.9 Å². The fourth-order valence-corrected chi connectivity index (χ4v) is 8.83.